The topological polar surface area (TPSA) is 61.8 Å². The molecule has 1 amide bonds. The first kappa shape index (κ1) is 12.9. The predicted molar refractivity (Wildman–Crippen MR) is 68.7 cm³/mol. The number of nitrogens with zero attached hydrogens (tertiary/aromatic N) is 1. The number of anilines is 1. The lowest BCUT2D eigenvalue weighted by molar-refractivity contribution is -0.117. The monoisotopic (exact) mass is 250 g/mol. The number of ether oxygens (including phenoxy) is 1. The van der Waals surface area contributed by atoms with Crippen LogP contribution in [-0.4, -0.2) is 48.8 Å². The Morgan fingerprint density at radius 1 is 1.61 bits per heavy atom. The molecular weight excluding hydrogens is 232 g/mol. The minimum Gasteiger partial charge on any atom is -0.497 e. The van der Waals surface area contributed by atoms with Crippen molar-refractivity contribution in [2.75, 3.05) is 32.1 Å². The van der Waals surface area contributed by atoms with E-state index in [0.717, 1.165) is 18.7 Å². The van der Waals surface area contributed by atoms with Crippen LogP contribution >= 0.6 is 0 Å². The Kier molecular flexibility index (Phi) is 4.17. The van der Waals surface area contributed by atoms with Crippen molar-refractivity contribution in [3.63, 3.8) is 0 Å². The number of rotatable bonds is 4. The number of benzene rings is 1. The molecule has 1 aromatic carbocycles. The molecule has 1 saturated heterocycles. The summed E-state index contributed by atoms with van der Waals surface area (Å²) in [4.78, 5) is 13.7. The quantitative estimate of drug-likeness (QED) is 0.826. The van der Waals surface area contributed by atoms with E-state index in [2.05, 4.69) is 5.32 Å². The van der Waals surface area contributed by atoms with Crippen molar-refractivity contribution < 1.29 is 14.6 Å². The second-order valence-corrected chi connectivity index (χ2v) is 4.46. The third-order valence-electron chi connectivity index (χ3n) is 2.97. The zero-order valence-corrected chi connectivity index (χ0v) is 10.4. The molecule has 1 atom stereocenters. The van der Waals surface area contributed by atoms with Crippen LogP contribution < -0.4 is 10.1 Å². The zero-order chi connectivity index (χ0) is 13.0. The van der Waals surface area contributed by atoms with Gasteiger partial charge in [0.15, 0.2) is 0 Å². The van der Waals surface area contributed by atoms with Gasteiger partial charge in [0.2, 0.25) is 5.91 Å². The lowest BCUT2D eigenvalue weighted by Crippen LogP contribution is -2.32. The number of hydrogen-bond acceptors (Lipinski definition) is 4. The third kappa shape index (κ3) is 3.45. The number of aliphatic hydroxyl groups is 1. The van der Waals surface area contributed by atoms with Crippen molar-refractivity contribution in [3.05, 3.63) is 24.3 Å². The predicted octanol–water partition coefficient (Wildman–Crippen LogP) is 0.700. The minimum atomic E-state index is -0.297. The molecule has 0 aliphatic carbocycles. The van der Waals surface area contributed by atoms with Gasteiger partial charge in [0.25, 0.3) is 0 Å². The molecule has 5 nitrogen and oxygen atoms in total. The van der Waals surface area contributed by atoms with Gasteiger partial charge in [0, 0.05) is 24.8 Å². The number of hydrogen-bond donors (Lipinski definition) is 2. The molecule has 2 N–H and O–H groups in total. The van der Waals surface area contributed by atoms with Crippen LogP contribution in [0.15, 0.2) is 24.3 Å². The fourth-order valence-electron chi connectivity index (χ4n) is 2.06. The van der Waals surface area contributed by atoms with E-state index < -0.39 is 0 Å². The van der Waals surface area contributed by atoms with E-state index in [4.69, 9.17) is 4.74 Å². The Balaban J connectivity index is 1.86. The van der Waals surface area contributed by atoms with E-state index >= 15 is 0 Å². The van der Waals surface area contributed by atoms with E-state index in [1.54, 1.807) is 13.2 Å². The summed E-state index contributed by atoms with van der Waals surface area (Å²) in [6.45, 7) is 1.66. The highest BCUT2D eigenvalue weighted by Gasteiger charge is 2.21. The molecule has 18 heavy (non-hydrogen) atoms. The molecule has 1 aromatic rings. The lowest BCUT2D eigenvalue weighted by atomic mass is 10.3. The van der Waals surface area contributed by atoms with Gasteiger partial charge in [-0.15, -0.1) is 0 Å². The van der Waals surface area contributed by atoms with E-state index in [0.29, 0.717) is 18.8 Å². The number of carbonyl (C=O) groups is 1. The van der Waals surface area contributed by atoms with Crippen LogP contribution in [-0.2, 0) is 4.79 Å². The first-order chi connectivity index (χ1) is 8.67. The normalized spacial score (nSPS) is 19.8. The SMILES string of the molecule is COc1cccc(NC(=O)CN2CC[C@@H](O)C2)c1. The number of nitrogens with one attached hydrogen (secondary N) is 1. The number of amides is 1. The van der Waals surface area contributed by atoms with Crippen LogP contribution in [0.2, 0.25) is 0 Å². The molecule has 5 heteroatoms. The summed E-state index contributed by atoms with van der Waals surface area (Å²) in [6, 6.07) is 7.25. The first-order valence-corrected chi connectivity index (χ1v) is 6.01. The molecular formula is C13H18N2O3. The Morgan fingerprint density at radius 3 is 3.11 bits per heavy atom. The molecule has 0 radical (unpaired) electrons. The molecule has 2 rings (SSSR count). The molecule has 1 fully saturated rings. The number of likely N-dealkylation sites (tertiary alicyclic amines) is 1. The Labute approximate surface area is 106 Å². The molecule has 0 spiro atoms. The van der Waals surface area contributed by atoms with Gasteiger partial charge in [-0.05, 0) is 18.6 Å². The van der Waals surface area contributed by atoms with Crippen molar-refractivity contribution in [1.29, 1.82) is 0 Å². The number of carbonyl (C=O) groups excluding carboxylic acids is 1. The van der Waals surface area contributed by atoms with Crippen LogP contribution in [0, 0.1) is 0 Å². The third-order valence-corrected chi connectivity index (χ3v) is 2.97. The van der Waals surface area contributed by atoms with Crippen molar-refractivity contribution in [1.82, 2.24) is 4.90 Å². The number of β-amino-alcohol motifs (C(OH)–C–C–N with tert-alkyl or cyclic N) is 1. The maximum absolute atomic E-state index is 11.8. The van der Waals surface area contributed by atoms with Gasteiger partial charge in [-0.25, -0.2) is 0 Å². The molecule has 1 aliphatic heterocycles. The Hall–Kier alpha value is -1.59. The standard InChI is InChI=1S/C13H18N2O3/c1-18-12-4-2-3-10(7-12)14-13(17)9-15-6-5-11(16)8-15/h2-4,7,11,16H,5-6,8-9H2,1H3,(H,14,17)/t11-/m1/s1. The zero-order valence-electron chi connectivity index (χ0n) is 10.4. The average Bonchev–Trinajstić information content (AvgIpc) is 2.74. The summed E-state index contributed by atoms with van der Waals surface area (Å²) >= 11 is 0. The summed E-state index contributed by atoms with van der Waals surface area (Å²) in [5.41, 5.74) is 0.721. The van der Waals surface area contributed by atoms with E-state index in [9.17, 15) is 9.90 Å². The van der Waals surface area contributed by atoms with Crippen molar-refractivity contribution in [2.45, 2.75) is 12.5 Å². The fraction of sp³-hybridized carbons (Fsp3) is 0.462. The van der Waals surface area contributed by atoms with E-state index in [-0.39, 0.29) is 12.0 Å². The molecule has 0 aromatic heterocycles. The minimum absolute atomic E-state index is 0.0719. The second-order valence-electron chi connectivity index (χ2n) is 4.46. The fourth-order valence-corrected chi connectivity index (χ4v) is 2.06. The Morgan fingerprint density at radius 2 is 2.44 bits per heavy atom. The van der Waals surface area contributed by atoms with Gasteiger partial charge in [-0.2, -0.15) is 0 Å². The van der Waals surface area contributed by atoms with Crippen LogP contribution in [0.5, 0.6) is 5.75 Å². The van der Waals surface area contributed by atoms with E-state index in [1.807, 2.05) is 23.1 Å². The van der Waals surface area contributed by atoms with Crippen LogP contribution in [0.25, 0.3) is 0 Å². The van der Waals surface area contributed by atoms with Crippen LogP contribution in [0.1, 0.15) is 6.42 Å². The smallest absolute Gasteiger partial charge is 0.238 e. The largest absolute Gasteiger partial charge is 0.497 e. The maximum Gasteiger partial charge on any atom is 0.238 e. The summed E-state index contributed by atoms with van der Waals surface area (Å²) in [6.07, 6.45) is 0.446. The summed E-state index contributed by atoms with van der Waals surface area (Å²) in [5.74, 6) is 0.641. The van der Waals surface area contributed by atoms with Gasteiger partial charge >= 0.3 is 0 Å². The van der Waals surface area contributed by atoms with Crippen molar-refractivity contribution in [3.8, 4) is 5.75 Å². The molecule has 0 bridgehead atoms. The van der Waals surface area contributed by atoms with Crippen LogP contribution in [0.4, 0.5) is 5.69 Å². The molecule has 1 aliphatic rings. The molecule has 0 unspecified atom stereocenters. The summed E-state index contributed by atoms with van der Waals surface area (Å²) in [7, 11) is 1.59. The van der Waals surface area contributed by atoms with Gasteiger partial charge in [-0.3, -0.25) is 9.69 Å². The highest BCUT2D eigenvalue weighted by Crippen LogP contribution is 2.16. The highest BCUT2D eigenvalue weighted by atomic mass is 16.5. The van der Waals surface area contributed by atoms with Crippen molar-refractivity contribution >= 4 is 11.6 Å². The number of methoxy groups -OCH3 is 1. The lowest BCUT2D eigenvalue weighted by Gasteiger charge is -2.14. The second kappa shape index (κ2) is 5.84. The first-order valence-electron chi connectivity index (χ1n) is 6.01. The summed E-state index contributed by atoms with van der Waals surface area (Å²) in [5, 5.41) is 12.2. The summed E-state index contributed by atoms with van der Waals surface area (Å²) < 4.78 is 5.09. The maximum atomic E-state index is 11.8. The Bertz CT molecular complexity index is 422. The number of aliphatic hydroxyl groups excluding tert-OH is 1. The van der Waals surface area contributed by atoms with Gasteiger partial charge in [0.05, 0.1) is 19.8 Å². The van der Waals surface area contributed by atoms with Gasteiger partial charge < -0.3 is 15.2 Å². The van der Waals surface area contributed by atoms with Crippen LogP contribution in [0.3, 0.4) is 0 Å². The molecule has 1 heterocycles. The van der Waals surface area contributed by atoms with Gasteiger partial charge in [0.1, 0.15) is 5.75 Å². The molecule has 0 saturated carbocycles. The highest BCUT2D eigenvalue weighted by molar-refractivity contribution is 5.92. The molecule has 98 valence electrons. The van der Waals surface area contributed by atoms with Crippen molar-refractivity contribution in [2.24, 2.45) is 0 Å². The van der Waals surface area contributed by atoms with E-state index in [1.165, 1.54) is 0 Å². The van der Waals surface area contributed by atoms with Gasteiger partial charge in [-0.1, -0.05) is 6.07 Å². The average molecular weight is 250 g/mol.